The molecule has 0 atom stereocenters. The van der Waals surface area contributed by atoms with Crippen molar-refractivity contribution < 1.29 is 19.8 Å². The average molecular weight is 285 g/mol. The van der Waals surface area contributed by atoms with Crippen LogP contribution >= 0.6 is 0 Å². The monoisotopic (exact) mass is 285 g/mol. The van der Waals surface area contributed by atoms with E-state index in [2.05, 4.69) is 0 Å². The van der Waals surface area contributed by atoms with Crippen molar-refractivity contribution >= 4 is 17.6 Å². The number of para-hydroxylation sites is 1. The van der Waals surface area contributed by atoms with Gasteiger partial charge in [-0.3, -0.25) is 4.79 Å². The first-order chi connectivity index (χ1) is 9.91. The standard InChI is InChI=1S/C16H15NO4/c1-10-7-8-12(14(18)9-10)15(19)17(2)13-6-4-3-5-11(13)16(20)21/h3-9,18H,1-2H3,(H,20,21). The summed E-state index contributed by atoms with van der Waals surface area (Å²) in [6.07, 6.45) is 0. The van der Waals surface area contributed by atoms with Gasteiger partial charge in [-0.15, -0.1) is 0 Å². The Labute approximate surface area is 122 Å². The Hall–Kier alpha value is -2.82. The number of anilines is 1. The normalized spacial score (nSPS) is 10.2. The first kappa shape index (κ1) is 14.6. The molecule has 0 aliphatic heterocycles. The number of hydrogen-bond donors (Lipinski definition) is 2. The number of carboxylic acids is 1. The van der Waals surface area contributed by atoms with Gasteiger partial charge in [0.15, 0.2) is 0 Å². The molecule has 0 aromatic heterocycles. The molecule has 0 bridgehead atoms. The molecule has 0 saturated heterocycles. The summed E-state index contributed by atoms with van der Waals surface area (Å²) in [6.45, 7) is 1.80. The molecule has 0 aliphatic carbocycles. The number of aromatic hydroxyl groups is 1. The quantitative estimate of drug-likeness (QED) is 0.908. The lowest BCUT2D eigenvalue weighted by atomic mass is 10.1. The lowest BCUT2D eigenvalue weighted by Gasteiger charge is -2.20. The summed E-state index contributed by atoms with van der Waals surface area (Å²) < 4.78 is 0. The van der Waals surface area contributed by atoms with E-state index in [4.69, 9.17) is 0 Å². The molecule has 0 fully saturated rings. The lowest BCUT2D eigenvalue weighted by molar-refractivity contribution is 0.0697. The fourth-order valence-corrected chi connectivity index (χ4v) is 2.06. The minimum atomic E-state index is -1.11. The summed E-state index contributed by atoms with van der Waals surface area (Å²) in [5.41, 5.74) is 1.26. The van der Waals surface area contributed by atoms with Gasteiger partial charge in [0.1, 0.15) is 5.75 Å². The van der Waals surface area contributed by atoms with Crippen LogP contribution in [0.15, 0.2) is 42.5 Å². The second-order valence-corrected chi connectivity index (χ2v) is 4.71. The van der Waals surface area contributed by atoms with Crippen LogP contribution in [0.3, 0.4) is 0 Å². The van der Waals surface area contributed by atoms with E-state index in [9.17, 15) is 19.8 Å². The molecule has 0 spiro atoms. The van der Waals surface area contributed by atoms with E-state index >= 15 is 0 Å². The van der Waals surface area contributed by atoms with Crippen LogP contribution in [0, 0.1) is 6.92 Å². The third-order valence-electron chi connectivity index (χ3n) is 3.18. The molecular formula is C16H15NO4. The fraction of sp³-hybridized carbons (Fsp3) is 0.125. The number of carbonyl (C=O) groups is 2. The minimum Gasteiger partial charge on any atom is -0.507 e. The van der Waals surface area contributed by atoms with Crippen LogP contribution < -0.4 is 4.90 Å². The Bertz CT molecular complexity index is 709. The van der Waals surface area contributed by atoms with Gasteiger partial charge in [-0.1, -0.05) is 18.2 Å². The molecule has 0 saturated carbocycles. The van der Waals surface area contributed by atoms with Crippen LogP contribution in [-0.4, -0.2) is 29.1 Å². The number of nitrogens with zero attached hydrogens (tertiary/aromatic N) is 1. The number of benzene rings is 2. The van der Waals surface area contributed by atoms with Gasteiger partial charge >= 0.3 is 5.97 Å². The zero-order chi connectivity index (χ0) is 15.6. The Morgan fingerprint density at radius 2 is 1.71 bits per heavy atom. The third kappa shape index (κ3) is 2.86. The number of rotatable bonds is 3. The predicted molar refractivity (Wildman–Crippen MR) is 79.0 cm³/mol. The van der Waals surface area contributed by atoms with Crippen LogP contribution in [0.1, 0.15) is 26.3 Å². The van der Waals surface area contributed by atoms with Crippen LogP contribution in [0.25, 0.3) is 0 Å². The van der Waals surface area contributed by atoms with Gasteiger partial charge in [-0.05, 0) is 36.8 Å². The second-order valence-electron chi connectivity index (χ2n) is 4.71. The van der Waals surface area contributed by atoms with Gasteiger partial charge in [0.2, 0.25) is 0 Å². The molecule has 5 heteroatoms. The van der Waals surface area contributed by atoms with Crippen molar-refractivity contribution in [1.29, 1.82) is 0 Å². The highest BCUT2D eigenvalue weighted by Gasteiger charge is 2.21. The highest BCUT2D eigenvalue weighted by molar-refractivity contribution is 6.10. The minimum absolute atomic E-state index is 0.0277. The van der Waals surface area contributed by atoms with Crippen molar-refractivity contribution in [1.82, 2.24) is 0 Å². The Morgan fingerprint density at radius 3 is 2.33 bits per heavy atom. The molecule has 2 aromatic rings. The number of phenolic OH excluding ortho intramolecular Hbond substituents is 1. The SMILES string of the molecule is Cc1ccc(C(=O)N(C)c2ccccc2C(=O)O)c(O)c1. The molecule has 0 unspecified atom stereocenters. The number of carbonyl (C=O) groups excluding carboxylic acids is 1. The molecular weight excluding hydrogens is 270 g/mol. The van der Waals surface area contributed by atoms with E-state index in [0.29, 0.717) is 0 Å². The van der Waals surface area contributed by atoms with Crippen LogP contribution in [-0.2, 0) is 0 Å². The van der Waals surface area contributed by atoms with Gasteiger partial charge < -0.3 is 15.1 Å². The average Bonchev–Trinajstić information content (AvgIpc) is 2.45. The number of phenols is 1. The van der Waals surface area contributed by atoms with Crippen molar-refractivity contribution in [2.45, 2.75) is 6.92 Å². The summed E-state index contributed by atoms with van der Waals surface area (Å²) in [6, 6.07) is 10.9. The smallest absolute Gasteiger partial charge is 0.337 e. The van der Waals surface area contributed by atoms with Crippen molar-refractivity contribution in [3.8, 4) is 5.75 Å². The predicted octanol–water partition coefficient (Wildman–Crippen LogP) is 2.68. The van der Waals surface area contributed by atoms with Gasteiger partial charge in [-0.25, -0.2) is 4.79 Å². The summed E-state index contributed by atoms with van der Waals surface area (Å²) in [5.74, 6) is -1.71. The summed E-state index contributed by atoms with van der Waals surface area (Å²) >= 11 is 0. The molecule has 0 heterocycles. The van der Waals surface area contributed by atoms with Crippen molar-refractivity contribution in [2.24, 2.45) is 0 Å². The molecule has 108 valence electrons. The topological polar surface area (TPSA) is 77.8 Å². The number of aromatic carboxylic acids is 1. The van der Waals surface area contributed by atoms with Gasteiger partial charge in [0.05, 0.1) is 16.8 Å². The lowest BCUT2D eigenvalue weighted by Crippen LogP contribution is -2.28. The van der Waals surface area contributed by atoms with Gasteiger partial charge in [0, 0.05) is 7.05 Å². The Balaban J connectivity index is 2.42. The molecule has 0 radical (unpaired) electrons. The molecule has 2 rings (SSSR count). The number of carboxylic acid groups (broad SMARTS) is 1. The van der Waals surface area contributed by atoms with Crippen molar-refractivity contribution in [2.75, 3.05) is 11.9 Å². The number of amides is 1. The fourth-order valence-electron chi connectivity index (χ4n) is 2.06. The summed E-state index contributed by atoms with van der Waals surface area (Å²) in [5, 5.41) is 19.0. The maximum absolute atomic E-state index is 12.4. The van der Waals surface area contributed by atoms with E-state index < -0.39 is 11.9 Å². The molecule has 1 amide bonds. The second kappa shape index (κ2) is 5.66. The Kier molecular flexibility index (Phi) is 3.93. The number of aryl methyl sites for hydroxylation is 1. The van der Waals surface area contributed by atoms with Crippen LogP contribution in [0.2, 0.25) is 0 Å². The molecule has 0 aliphatic rings. The third-order valence-corrected chi connectivity index (χ3v) is 3.18. The zero-order valence-electron chi connectivity index (χ0n) is 11.7. The van der Waals surface area contributed by atoms with Crippen LogP contribution in [0.5, 0.6) is 5.75 Å². The van der Waals surface area contributed by atoms with Gasteiger partial charge in [0.25, 0.3) is 5.91 Å². The molecule has 2 aromatic carbocycles. The maximum Gasteiger partial charge on any atom is 0.337 e. The van der Waals surface area contributed by atoms with Gasteiger partial charge in [-0.2, -0.15) is 0 Å². The summed E-state index contributed by atoms with van der Waals surface area (Å²) in [4.78, 5) is 24.9. The van der Waals surface area contributed by atoms with E-state index in [1.807, 2.05) is 0 Å². The van der Waals surface area contributed by atoms with Crippen molar-refractivity contribution in [3.05, 3.63) is 59.2 Å². The maximum atomic E-state index is 12.4. The Morgan fingerprint density at radius 1 is 1.05 bits per heavy atom. The van der Waals surface area contributed by atoms with E-state index in [0.717, 1.165) is 5.56 Å². The van der Waals surface area contributed by atoms with E-state index in [-0.39, 0.29) is 22.6 Å². The highest BCUT2D eigenvalue weighted by Crippen LogP contribution is 2.25. The molecule has 5 nitrogen and oxygen atoms in total. The summed E-state index contributed by atoms with van der Waals surface area (Å²) in [7, 11) is 1.48. The van der Waals surface area contributed by atoms with Crippen molar-refractivity contribution in [3.63, 3.8) is 0 Å². The molecule has 2 N–H and O–H groups in total. The first-order valence-electron chi connectivity index (χ1n) is 6.32. The largest absolute Gasteiger partial charge is 0.507 e. The molecule has 21 heavy (non-hydrogen) atoms. The highest BCUT2D eigenvalue weighted by atomic mass is 16.4. The van der Waals surface area contributed by atoms with E-state index in [1.54, 1.807) is 31.2 Å². The van der Waals surface area contributed by atoms with Crippen LogP contribution in [0.4, 0.5) is 5.69 Å². The zero-order valence-corrected chi connectivity index (χ0v) is 11.7. The number of hydrogen-bond acceptors (Lipinski definition) is 3. The van der Waals surface area contributed by atoms with E-state index in [1.165, 1.54) is 30.1 Å². The first-order valence-corrected chi connectivity index (χ1v) is 6.32.